The smallest absolute Gasteiger partial charge is 0.279 e. The molecule has 27 heavy (non-hydrogen) atoms. The first-order chi connectivity index (χ1) is 12.7. The van der Waals surface area contributed by atoms with Gasteiger partial charge in [-0.15, -0.1) is 0 Å². The zero-order valence-electron chi connectivity index (χ0n) is 15.9. The molecule has 7 nitrogen and oxygen atoms in total. The highest BCUT2D eigenvalue weighted by atomic mass is 32.2. The van der Waals surface area contributed by atoms with Crippen LogP contribution in [-0.2, 0) is 21.4 Å². The number of carbonyl (C=O) groups excluding carboxylic acids is 1. The molecule has 1 aromatic heterocycles. The van der Waals surface area contributed by atoms with Gasteiger partial charge >= 0.3 is 0 Å². The Bertz CT molecular complexity index is 863. The summed E-state index contributed by atoms with van der Waals surface area (Å²) in [6.45, 7) is 6.49. The third-order valence-electron chi connectivity index (χ3n) is 4.22. The van der Waals surface area contributed by atoms with Crippen molar-refractivity contribution in [1.82, 2.24) is 0 Å². The Hall–Kier alpha value is -1.94. The maximum atomic E-state index is 12.5. The van der Waals surface area contributed by atoms with Gasteiger partial charge in [0.25, 0.3) is 5.91 Å². The summed E-state index contributed by atoms with van der Waals surface area (Å²) in [6, 6.07) is 6.62. The Balaban J connectivity index is 2.19. The lowest BCUT2D eigenvalue weighted by Gasteiger charge is -2.25. The molecule has 4 N–H and O–H groups in total. The van der Waals surface area contributed by atoms with Crippen LogP contribution in [0.4, 0.5) is 11.4 Å². The summed E-state index contributed by atoms with van der Waals surface area (Å²) >= 11 is 1.63. The third kappa shape index (κ3) is 6.03. The van der Waals surface area contributed by atoms with E-state index < -0.39 is 10.0 Å². The van der Waals surface area contributed by atoms with E-state index in [-0.39, 0.29) is 17.3 Å². The van der Waals surface area contributed by atoms with Crippen LogP contribution in [0.1, 0.15) is 19.4 Å². The number of nitrogens with two attached hydrogens (primary N) is 1. The van der Waals surface area contributed by atoms with Gasteiger partial charge < -0.3 is 15.1 Å². The van der Waals surface area contributed by atoms with E-state index in [1.165, 1.54) is 17.7 Å². The van der Waals surface area contributed by atoms with Gasteiger partial charge in [0.15, 0.2) is 6.54 Å². The largest absolute Gasteiger partial charge is 0.370 e. The van der Waals surface area contributed by atoms with E-state index in [1.54, 1.807) is 17.4 Å². The van der Waals surface area contributed by atoms with Crippen LogP contribution in [0.15, 0.2) is 39.9 Å². The molecule has 1 aromatic carbocycles. The van der Waals surface area contributed by atoms with Gasteiger partial charge in [-0.3, -0.25) is 4.79 Å². The van der Waals surface area contributed by atoms with Crippen molar-refractivity contribution in [2.24, 2.45) is 5.14 Å². The lowest BCUT2D eigenvalue weighted by atomic mass is 10.2. The van der Waals surface area contributed by atoms with E-state index in [9.17, 15) is 13.2 Å². The van der Waals surface area contributed by atoms with E-state index in [0.29, 0.717) is 5.69 Å². The molecule has 1 amide bonds. The molecule has 148 valence electrons. The molecule has 0 aliphatic carbocycles. The quantitative estimate of drug-likeness (QED) is 0.571. The van der Waals surface area contributed by atoms with Crippen LogP contribution in [0.2, 0.25) is 0 Å². The monoisotopic (exact) mass is 411 g/mol. The molecule has 1 unspecified atom stereocenters. The van der Waals surface area contributed by atoms with Crippen LogP contribution in [0, 0.1) is 0 Å². The highest BCUT2D eigenvalue weighted by Crippen LogP contribution is 2.28. The van der Waals surface area contributed by atoms with Crippen LogP contribution in [0.25, 0.3) is 0 Å². The molecule has 2 rings (SSSR count). The molecule has 0 aliphatic heterocycles. The molecular weight excluding hydrogens is 384 g/mol. The number of benzene rings is 1. The lowest BCUT2D eigenvalue weighted by Crippen LogP contribution is -3.08. The molecule has 0 saturated heterocycles. The predicted molar refractivity (Wildman–Crippen MR) is 110 cm³/mol. The molecule has 0 saturated carbocycles. The number of carbonyl (C=O) groups is 1. The van der Waals surface area contributed by atoms with Crippen LogP contribution >= 0.6 is 11.3 Å². The Morgan fingerprint density at radius 2 is 1.96 bits per heavy atom. The summed E-state index contributed by atoms with van der Waals surface area (Å²) in [5, 5.41) is 12.2. The number of rotatable bonds is 9. The van der Waals surface area contributed by atoms with Gasteiger partial charge in [0, 0.05) is 18.7 Å². The third-order valence-corrected chi connectivity index (χ3v) is 5.87. The predicted octanol–water partition coefficient (Wildman–Crippen LogP) is 0.895. The fourth-order valence-electron chi connectivity index (χ4n) is 2.90. The molecule has 2 aromatic rings. The van der Waals surface area contributed by atoms with E-state index in [2.05, 4.69) is 10.7 Å². The van der Waals surface area contributed by atoms with Crippen LogP contribution < -0.4 is 20.3 Å². The van der Waals surface area contributed by atoms with Gasteiger partial charge in [0.05, 0.1) is 23.3 Å². The Morgan fingerprint density at radius 1 is 1.26 bits per heavy atom. The van der Waals surface area contributed by atoms with Crippen LogP contribution in [0.5, 0.6) is 0 Å². The van der Waals surface area contributed by atoms with Crippen LogP contribution in [-0.4, -0.2) is 41.0 Å². The molecule has 1 atom stereocenters. The maximum absolute atomic E-state index is 12.5. The molecular formula is C18H27N4O3S2+. The molecule has 9 heteroatoms. The Labute approximate surface area is 164 Å². The van der Waals surface area contributed by atoms with Crippen molar-refractivity contribution < 1.29 is 18.1 Å². The topological polar surface area (TPSA) is 96.9 Å². The second-order valence-electron chi connectivity index (χ2n) is 6.39. The van der Waals surface area contributed by atoms with Gasteiger partial charge in [-0.1, -0.05) is 0 Å². The van der Waals surface area contributed by atoms with Crippen molar-refractivity contribution in [2.45, 2.75) is 25.3 Å². The molecule has 0 radical (unpaired) electrons. The minimum absolute atomic E-state index is 0.0207. The number of sulfonamides is 1. The minimum Gasteiger partial charge on any atom is -0.370 e. The second-order valence-corrected chi connectivity index (χ2v) is 8.73. The number of thiophene rings is 1. The average Bonchev–Trinajstić information content (AvgIpc) is 3.08. The standard InChI is InChI=1S/C18H26N4O3S2/c1-4-22(5-2)17-7-6-15(27(19,24)25)10-16(17)20-18(23)12-21(3)11-14-8-9-26-13-14/h6-10,13H,4-5,11-12H2,1-3H3,(H,20,23)(H2,19,24,25)/p+1. The first-order valence-electron chi connectivity index (χ1n) is 8.78. The van der Waals surface area contributed by atoms with Crippen LogP contribution in [0.3, 0.4) is 0 Å². The summed E-state index contributed by atoms with van der Waals surface area (Å²) in [4.78, 5) is 15.6. The van der Waals surface area contributed by atoms with Gasteiger partial charge in [-0.05, 0) is 48.9 Å². The number of nitrogens with zero attached hydrogens (tertiary/aromatic N) is 1. The molecule has 0 spiro atoms. The van der Waals surface area contributed by atoms with Crippen molar-refractivity contribution in [3.63, 3.8) is 0 Å². The highest BCUT2D eigenvalue weighted by Gasteiger charge is 2.18. The van der Waals surface area contributed by atoms with Crippen molar-refractivity contribution in [3.05, 3.63) is 40.6 Å². The second kappa shape index (κ2) is 9.32. The molecule has 0 fully saturated rings. The number of likely N-dealkylation sites (N-methyl/N-ethyl adjacent to an activating group) is 1. The van der Waals surface area contributed by atoms with Crippen molar-refractivity contribution in [3.8, 4) is 0 Å². The summed E-state index contributed by atoms with van der Waals surface area (Å²) in [5.41, 5.74) is 2.42. The van der Waals surface area contributed by atoms with Gasteiger partial charge in [0.1, 0.15) is 6.54 Å². The van der Waals surface area contributed by atoms with E-state index in [4.69, 9.17) is 5.14 Å². The van der Waals surface area contributed by atoms with Gasteiger partial charge in [-0.25, -0.2) is 13.6 Å². The number of amides is 1. The summed E-state index contributed by atoms with van der Waals surface area (Å²) in [6.07, 6.45) is 0. The normalized spacial score (nSPS) is 12.6. The zero-order chi connectivity index (χ0) is 20.0. The molecule has 1 heterocycles. The molecule has 0 aliphatic rings. The number of hydrogen-bond acceptors (Lipinski definition) is 5. The lowest BCUT2D eigenvalue weighted by molar-refractivity contribution is -0.885. The average molecular weight is 412 g/mol. The Morgan fingerprint density at radius 3 is 2.52 bits per heavy atom. The number of quaternary nitrogens is 1. The van der Waals surface area contributed by atoms with E-state index in [0.717, 1.165) is 30.2 Å². The van der Waals surface area contributed by atoms with E-state index >= 15 is 0 Å². The van der Waals surface area contributed by atoms with E-state index in [1.807, 2.05) is 37.2 Å². The SMILES string of the molecule is CCN(CC)c1ccc(S(N)(=O)=O)cc1NC(=O)C[NH+](C)Cc1ccsc1. The fourth-order valence-corrected chi connectivity index (χ4v) is 4.11. The molecule has 0 bridgehead atoms. The Kier molecular flexibility index (Phi) is 7.37. The summed E-state index contributed by atoms with van der Waals surface area (Å²) in [5.74, 6) is -0.178. The number of nitrogens with one attached hydrogen (secondary N) is 2. The van der Waals surface area contributed by atoms with Gasteiger partial charge in [0.2, 0.25) is 10.0 Å². The van der Waals surface area contributed by atoms with Crippen molar-refractivity contribution in [1.29, 1.82) is 0 Å². The van der Waals surface area contributed by atoms with Gasteiger partial charge in [-0.2, -0.15) is 11.3 Å². The fraction of sp³-hybridized carbons (Fsp3) is 0.389. The highest BCUT2D eigenvalue weighted by molar-refractivity contribution is 7.89. The maximum Gasteiger partial charge on any atom is 0.279 e. The first-order valence-corrected chi connectivity index (χ1v) is 11.3. The minimum atomic E-state index is -3.85. The summed E-state index contributed by atoms with van der Waals surface area (Å²) < 4.78 is 23.4. The van der Waals surface area contributed by atoms with Crippen molar-refractivity contribution in [2.75, 3.05) is 36.9 Å². The number of anilines is 2. The number of hydrogen-bond donors (Lipinski definition) is 3. The van der Waals surface area contributed by atoms with Crippen molar-refractivity contribution >= 4 is 38.6 Å². The zero-order valence-corrected chi connectivity index (χ0v) is 17.5. The summed E-state index contributed by atoms with van der Waals surface area (Å²) in [7, 11) is -1.90. The first kappa shape index (κ1) is 21.4. The number of primary sulfonamides is 1.